The van der Waals surface area contributed by atoms with Crippen molar-refractivity contribution in [3.05, 3.63) is 71.8 Å². The lowest BCUT2D eigenvalue weighted by molar-refractivity contribution is 0.502. The van der Waals surface area contributed by atoms with Crippen LogP contribution in [-0.4, -0.2) is 10.2 Å². The predicted octanol–water partition coefficient (Wildman–Crippen LogP) is 3.69. The number of hydrogen-bond donors (Lipinski definition) is 2. The molecule has 0 aliphatic carbocycles. The van der Waals surface area contributed by atoms with Crippen LogP contribution in [-0.2, 0) is 5.41 Å². The normalized spacial score (nSPS) is 8.76. The summed E-state index contributed by atoms with van der Waals surface area (Å²) in [6, 6.07) is 21.3. The molecular formula is C17H18N2O2. The molecule has 0 spiro atoms. The number of aliphatic hydroxyl groups is 2. The maximum atomic E-state index is 6.88. The molecule has 0 saturated heterocycles. The van der Waals surface area contributed by atoms with Crippen molar-refractivity contribution < 1.29 is 10.2 Å². The molecule has 0 radical (unpaired) electrons. The van der Waals surface area contributed by atoms with Gasteiger partial charge in [-0.15, -0.1) is 0 Å². The number of rotatable bonds is 2. The van der Waals surface area contributed by atoms with Crippen LogP contribution in [0.5, 0.6) is 0 Å². The molecule has 0 atom stereocenters. The van der Waals surface area contributed by atoms with E-state index in [0.717, 1.165) is 12.5 Å². The van der Waals surface area contributed by atoms with Crippen LogP contribution < -0.4 is 0 Å². The van der Waals surface area contributed by atoms with Crippen LogP contribution in [0.1, 0.15) is 25.0 Å². The lowest BCUT2D eigenvalue weighted by atomic mass is 9.78. The fraction of sp³-hybridized carbons (Fsp3) is 0.176. The van der Waals surface area contributed by atoms with Gasteiger partial charge in [-0.1, -0.05) is 74.5 Å². The molecule has 0 heterocycles. The first-order valence-corrected chi connectivity index (χ1v) is 6.22. The monoisotopic (exact) mass is 282 g/mol. The lowest BCUT2D eigenvalue weighted by Gasteiger charge is -2.25. The van der Waals surface area contributed by atoms with E-state index in [1.165, 1.54) is 11.1 Å². The Balaban J connectivity index is 0.000000578. The second-order valence-corrected chi connectivity index (χ2v) is 4.56. The molecule has 0 fully saturated rings. The third kappa shape index (κ3) is 6.13. The molecular weight excluding hydrogens is 264 g/mol. The second-order valence-electron chi connectivity index (χ2n) is 4.56. The minimum absolute atomic E-state index is 0.0858. The summed E-state index contributed by atoms with van der Waals surface area (Å²) in [7, 11) is 0. The Bertz CT molecular complexity index is 528. The van der Waals surface area contributed by atoms with E-state index in [9.17, 15) is 0 Å². The van der Waals surface area contributed by atoms with E-state index < -0.39 is 0 Å². The first kappa shape index (κ1) is 18.0. The van der Waals surface area contributed by atoms with E-state index >= 15 is 0 Å². The summed E-state index contributed by atoms with van der Waals surface area (Å²) in [5, 5.41) is 27.5. The van der Waals surface area contributed by atoms with Gasteiger partial charge in [0.2, 0.25) is 0 Å². The summed E-state index contributed by atoms with van der Waals surface area (Å²) < 4.78 is 0. The number of benzene rings is 2. The molecule has 108 valence electrons. The van der Waals surface area contributed by atoms with Gasteiger partial charge in [-0.2, -0.15) is 10.5 Å². The van der Waals surface area contributed by atoms with Crippen molar-refractivity contribution in [3.63, 3.8) is 0 Å². The maximum Gasteiger partial charge on any atom is 0.283 e. The molecule has 2 rings (SSSR count). The highest BCUT2D eigenvalue weighted by Crippen LogP contribution is 2.30. The van der Waals surface area contributed by atoms with Crippen LogP contribution in [0.2, 0.25) is 0 Å². The molecule has 2 aromatic rings. The van der Waals surface area contributed by atoms with Gasteiger partial charge in [-0.25, -0.2) is 0 Å². The molecule has 4 nitrogen and oxygen atoms in total. The second kappa shape index (κ2) is 9.89. The van der Waals surface area contributed by atoms with E-state index in [0.29, 0.717) is 0 Å². The van der Waals surface area contributed by atoms with Crippen LogP contribution in [0.3, 0.4) is 0 Å². The van der Waals surface area contributed by atoms with Gasteiger partial charge in [-0.05, 0) is 11.1 Å². The molecule has 0 aromatic heterocycles. The van der Waals surface area contributed by atoms with Crippen molar-refractivity contribution >= 4 is 0 Å². The van der Waals surface area contributed by atoms with Gasteiger partial charge in [0.25, 0.3) is 12.5 Å². The third-order valence-corrected chi connectivity index (χ3v) is 2.99. The van der Waals surface area contributed by atoms with Gasteiger partial charge < -0.3 is 10.2 Å². The van der Waals surface area contributed by atoms with E-state index in [4.69, 9.17) is 20.7 Å². The molecule has 0 amide bonds. The largest absolute Gasteiger partial charge is 0.443 e. The highest BCUT2D eigenvalue weighted by atomic mass is 16.2. The van der Waals surface area contributed by atoms with E-state index in [1.54, 1.807) is 0 Å². The van der Waals surface area contributed by atoms with Gasteiger partial charge in [-0.3, -0.25) is 0 Å². The summed E-state index contributed by atoms with van der Waals surface area (Å²) in [6.07, 6.45) is 1.50. The van der Waals surface area contributed by atoms with Gasteiger partial charge in [0.15, 0.2) is 0 Å². The zero-order valence-corrected chi connectivity index (χ0v) is 12.1. The van der Waals surface area contributed by atoms with Gasteiger partial charge >= 0.3 is 0 Å². The van der Waals surface area contributed by atoms with Crippen LogP contribution >= 0.6 is 0 Å². The Kier molecular flexibility index (Phi) is 8.48. The number of nitriles is 2. The van der Waals surface area contributed by atoms with Crippen LogP contribution in [0.25, 0.3) is 0 Å². The highest BCUT2D eigenvalue weighted by Gasteiger charge is 2.21. The fourth-order valence-electron chi connectivity index (χ4n) is 1.88. The summed E-state index contributed by atoms with van der Waals surface area (Å²) >= 11 is 0. The van der Waals surface area contributed by atoms with Crippen LogP contribution in [0.4, 0.5) is 0 Å². The Morgan fingerprint density at radius 1 is 0.714 bits per heavy atom. The van der Waals surface area contributed by atoms with Crippen molar-refractivity contribution in [2.75, 3.05) is 0 Å². The number of nitrogens with zero attached hydrogens (tertiary/aromatic N) is 2. The molecule has 0 unspecified atom stereocenters. The van der Waals surface area contributed by atoms with Gasteiger partial charge in [0.05, 0.1) is 0 Å². The van der Waals surface area contributed by atoms with Crippen LogP contribution in [0.15, 0.2) is 60.7 Å². The van der Waals surface area contributed by atoms with Crippen molar-refractivity contribution in [1.29, 1.82) is 10.5 Å². The van der Waals surface area contributed by atoms with Crippen molar-refractivity contribution in [1.82, 2.24) is 0 Å². The number of aliphatic hydroxyl groups excluding tert-OH is 2. The van der Waals surface area contributed by atoms with E-state index in [1.807, 2.05) is 0 Å². The van der Waals surface area contributed by atoms with Gasteiger partial charge in [0, 0.05) is 5.41 Å². The first-order chi connectivity index (χ1) is 10.0. The Morgan fingerprint density at radius 2 is 0.952 bits per heavy atom. The van der Waals surface area contributed by atoms with E-state index in [-0.39, 0.29) is 5.41 Å². The van der Waals surface area contributed by atoms with Crippen LogP contribution in [0, 0.1) is 23.0 Å². The first-order valence-electron chi connectivity index (χ1n) is 6.22. The smallest absolute Gasteiger partial charge is 0.283 e. The Labute approximate surface area is 125 Å². The van der Waals surface area contributed by atoms with Gasteiger partial charge in [0.1, 0.15) is 0 Å². The molecule has 0 bridgehead atoms. The molecule has 0 aliphatic rings. The topological polar surface area (TPSA) is 88.0 Å². The third-order valence-electron chi connectivity index (χ3n) is 2.99. The average molecular weight is 282 g/mol. The molecule has 21 heavy (non-hydrogen) atoms. The van der Waals surface area contributed by atoms with Crippen molar-refractivity contribution in [2.24, 2.45) is 0 Å². The SMILES string of the molecule is CC(C)(c1ccccc1)c1ccccc1.N#CO.N#CO. The zero-order chi connectivity index (χ0) is 16.1. The molecule has 4 heteroatoms. The zero-order valence-electron chi connectivity index (χ0n) is 12.1. The minimum Gasteiger partial charge on any atom is -0.443 e. The lowest BCUT2D eigenvalue weighted by Crippen LogP contribution is -2.18. The van der Waals surface area contributed by atoms with Crippen molar-refractivity contribution in [2.45, 2.75) is 19.3 Å². The van der Waals surface area contributed by atoms with Crippen molar-refractivity contribution in [3.8, 4) is 12.5 Å². The summed E-state index contributed by atoms with van der Waals surface area (Å²) in [6.45, 7) is 4.52. The Hall–Kier alpha value is -2.98. The standard InChI is InChI=1S/C15H16.2CHNO/c1-15(2,13-9-5-3-6-10-13)14-11-7-4-8-12-14;2*2-1-3/h3-12H,1-2H3;2*3H. The molecule has 2 N–H and O–H groups in total. The summed E-state index contributed by atoms with van der Waals surface area (Å²) in [5.74, 6) is 0. The summed E-state index contributed by atoms with van der Waals surface area (Å²) in [4.78, 5) is 0. The Morgan fingerprint density at radius 3 is 1.19 bits per heavy atom. The highest BCUT2D eigenvalue weighted by molar-refractivity contribution is 5.36. The van der Waals surface area contributed by atoms with E-state index in [2.05, 4.69) is 74.5 Å². The molecule has 0 aliphatic heterocycles. The minimum atomic E-state index is 0.0858. The quantitative estimate of drug-likeness (QED) is 0.822. The fourth-order valence-corrected chi connectivity index (χ4v) is 1.88. The summed E-state index contributed by atoms with van der Waals surface area (Å²) in [5.41, 5.74) is 2.80. The molecule has 0 saturated carbocycles. The number of hydrogen-bond acceptors (Lipinski definition) is 4. The maximum absolute atomic E-state index is 6.88. The predicted molar refractivity (Wildman–Crippen MR) is 80.1 cm³/mol. The average Bonchev–Trinajstić information content (AvgIpc) is 2.51. The molecule has 2 aromatic carbocycles.